The molecule has 0 bridgehead atoms. The van der Waals surface area contributed by atoms with Gasteiger partial charge in [-0.15, -0.1) is 0 Å². The van der Waals surface area contributed by atoms with Crippen LogP contribution < -0.4 is 25.0 Å². The number of nitrogens with zero attached hydrogens (tertiary/aromatic N) is 4. The number of rotatable bonds is 8. The molecule has 0 unspecified atom stereocenters. The van der Waals surface area contributed by atoms with Gasteiger partial charge >= 0.3 is 0 Å². The Bertz CT molecular complexity index is 1170. The minimum absolute atomic E-state index is 0.171. The Kier molecular flexibility index (Phi) is 7.86. The number of aliphatic hydroxyl groups excluding tert-OH is 1. The molecule has 0 saturated carbocycles. The third kappa shape index (κ3) is 6.30. The van der Waals surface area contributed by atoms with Gasteiger partial charge in [0, 0.05) is 43.6 Å². The minimum atomic E-state index is -0.589. The van der Waals surface area contributed by atoms with Gasteiger partial charge in [0.2, 0.25) is 17.7 Å². The van der Waals surface area contributed by atoms with Gasteiger partial charge in [-0.3, -0.25) is 4.79 Å². The molecular formula is C24H27ClN6O4. The van der Waals surface area contributed by atoms with Gasteiger partial charge in [-0.1, -0.05) is 11.6 Å². The molecule has 1 aromatic heterocycles. The fourth-order valence-corrected chi connectivity index (χ4v) is 3.70. The average Bonchev–Trinajstić information content (AvgIpc) is 2.88. The first-order valence-electron chi connectivity index (χ1n) is 11.0. The molecule has 11 heteroatoms. The zero-order valence-electron chi connectivity index (χ0n) is 19.5. The summed E-state index contributed by atoms with van der Waals surface area (Å²) in [5.74, 6) is 1.10. The fourth-order valence-electron chi connectivity index (χ4n) is 3.57. The maximum absolute atomic E-state index is 11.3. The highest BCUT2D eigenvalue weighted by Crippen LogP contribution is 2.33. The molecule has 3 aromatic rings. The molecule has 1 amide bonds. The number of carbonyl (C=O) groups excluding carboxylic acids is 1. The molecule has 0 radical (unpaired) electrons. The van der Waals surface area contributed by atoms with Gasteiger partial charge in [0.15, 0.2) is 0 Å². The number of amides is 1. The van der Waals surface area contributed by atoms with Crippen LogP contribution in [-0.2, 0) is 4.79 Å². The highest BCUT2D eigenvalue weighted by Gasteiger charge is 2.17. The summed E-state index contributed by atoms with van der Waals surface area (Å²) >= 11 is 6.25. The summed E-state index contributed by atoms with van der Waals surface area (Å²) < 4.78 is 11.4. The monoisotopic (exact) mass is 498 g/mol. The number of piperazine rings is 1. The molecule has 0 aliphatic carbocycles. The van der Waals surface area contributed by atoms with Crippen molar-refractivity contribution in [1.29, 1.82) is 0 Å². The van der Waals surface area contributed by atoms with Crippen LogP contribution in [0.1, 0.15) is 0 Å². The number of likely N-dealkylation sites (N-methyl/N-ethyl adjacent to an activating group) is 1. The van der Waals surface area contributed by atoms with Gasteiger partial charge in [-0.05, 0) is 43.4 Å². The zero-order valence-corrected chi connectivity index (χ0v) is 20.2. The first kappa shape index (κ1) is 24.5. The maximum Gasteiger partial charge on any atom is 0.250 e. The van der Waals surface area contributed by atoms with Crippen LogP contribution in [0.4, 0.5) is 23.0 Å². The summed E-state index contributed by atoms with van der Waals surface area (Å²) in [5, 5.41) is 14.8. The molecule has 1 aliphatic heterocycles. The molecular weight excluding hydrogens is 472 g/mol. The Hall–Kier alpha value is -3.60. The van der Waals surface area contributed by atoms with Crippen molar-refractivity contribution in [1.82, 2.24) is 14.9 Å². The third-order valence-electron chi connectivity index (χ3n) is 5.51. The number of hydrogen-bond donors (Lipinski definition) is 3. The van der Waals surface area contributed by atoms with E-state index in [-0.39, 0.29) is 10.9 Å². The maximum atomic E-state index is 11.3. The van der Waals surface area contributed by atoms with E-state index in [2.05, 4.69) is 37.4 Å². The van der Waals surface area contributed by atoms with Crippen molar-refractivity contribution in [2.75, 3.05) is 62.5 Å². The highest BCUT2D eigenvalue weighted by atomic mass is 35.5. The van der Waals surface area contributed by atoms with Crippen molar-refractivity contribution >= 4 is 40.5 Å². The number of ether oxygens (including phenoxy) is 2. The second-order valence-corrected chi connectivity index (χ2v) is 8.39. The van der Waals surface area contributed by atoms with Crippen molar-refractivity contribution < 1.29 is 19.4 Å². The van der Waals surface area contributed by atoms with E-state index >= 15 is 0 Å². The first-order valence-corrected chi connectivity index (χ1v) is 11.4. The van der Waals surface area contributed by atoms with Crippen LogP contribution in [0.3, 0.4) is 0 Å². The lowest BCUT2D eigenvalue weighted by Crippen LogP contribution is -2.44. The topological polar surface area (TPSA) is 112 Å². The van der Waals surface area contributed by atoms with Crippen molar-refractivity contribution in [2.45, 2.75) is 0 Å². The fraction of sp³-hybridized carbons (Fsp3) is 0.292. The van der Waals surface area contributed by atoms with Crippen LogP contribution in [0, 0.1) is 0 Å². The second-order valence-electron chi connectivity index (χ2n) is 7.98. The predicted molar refractivity (Wildman–Crippen MR) is 135 cm³/mol. The summed E-state index contributed by atoms with van der Waals surface area (Å²) in [4.78, 5) is 24.6. The largest absolute Gasteiger partial charge is 0.494 e. The van der Waals surface area contributed by atoms with E-state index in [1.54, 1.807) is 31.4 Å². The molecule has 1 fully saturated rings. The van der Waals surface area contributed by atoms with Gasteiger partial charge in [0.25, 0.3) is 0 Å². The second kappa shape index (κ2) is 11.2. The van der Waals surface area contributed by atoms with E-state index in [4.69, 9.17) is 26.2 Å². The number of aromatic nitrogens is 2. The highest BCUT2D eigenvalue weighted by molar-refractivity contribution is 6.31. The number of carbonyl (C=O) groups is 1. The molecule has 0 spiro atoms. The molecule has 35 heavy (non-hydrogen) atoms. The van der Waals surface area contributed by atoms with E-state index in [9.17, 15) is 4.79 Å². The number of benzene rings is 2. The number of hydrogen-bond acceptors (Lipinski definition) is 9. The van der Waals surface area contributed by atoms with Gasteiger partial charge < -0.3 is 35.0 Å². The Balaban J connectivity index is 1.47. The predicted octanol–water partition coefficient (Wildman–Crippen LogP) is 3.36. The standard InChI is InChI=1S/C24H27ClN6O4/c1-30-9-11-31(12-10-30)17-5-8-20(21(13-17)34-2)28-24-26-14-19(25)23(29-24)35-18-6-3-16(4-7-18)27-22(33)15-32/h3-8,13-14,32H,9-12,15H2,1-2H3,(H,27,33)(H,26,28,29). The van der Waals surface area contributed by atoms with Crippen LogP contribution in [0.5, 0.6) is 17.4 Å². The molecule has 184 valence electrons. The molecule has 1 aliphatic rings. The Morgan fingerprint density at radius 2 is 1.89 bits per heavy atom. The number of halogens is 1. The minimum Gasteiger partial charge on any atom is -0.494 e. The van der Waals surface area contributed by atoms with Crippen LogP contribution in [0.25, 0.3) is 0 Å². The van der Waals surface area contributed by atoms with E-state index in [0.29, 0.717) is 28.8 Å². The number of methoxy groups -OCH3 is 1. The Labute approximate surface area is 208 Å². The SMILES string of the molecule is COc1cc(N2CCN(C)CC2)ccc1Nc1ncc(Cl)c(Oc2ccc(NC(=O)CO)cc2)n1. The molecule has 2 aromatic carbocycles. The van der Waals surface area contributed by atoms with E-state index in [0.717, 1.165) is 31.9 Å². The smallest absolute Gasteiger partial charge is 0.250 e. The Morgan fingerprint density at radius 1 is 1.14 bits per heavy atom. The van der Waals surface area contributed by atoms with Crippen molar-refractivity contribution in [3.63, 3.8) is 0 Å². The molecule has 10 nitrogen and oxygen atoms in total. The van der Waals surface area contributed by atoms with Gasteiger partial charge in [-0.2, -0.15) is 4.98 Å². The quantitative estimate of drug-likeness (QED) is 0.430. The van der Waals surface area contributed by atoms with Gasteiger partial charge in [0.05, 0.1) is 19.0 Å². The molecule has 2 heterocycles. The summed E-state index contributed by atoms with van der Waals surface area (Å²) in [5.41, 5.74) is 2.34. The van der Waals surface area contributed by atoms with Crippen molar-refractivity contribution in [3.05, 3.63) is 53.7 Å². The van der Waals surface area contributed by atoms with Crippen LogP contribution in [0.2, 0.25) is 5.02 Å². The lowest BCUT2D eigenvalue weighted by Gasteiger charge is -2.34. The number of aliphatic hydroxyl groups is 1. The average molecular weight is 499 g/mol. The summed E-state index contributed by atoms with van der Waals surface area (Å²) in [6.07, 6.45) is 1.45. The van der Waals surface area contributed by atoms with E-state index in [1.807, 2.05) is 18.2 Å². The number of nitrogens with one attached hydrogen (secondary N) is 2. The lowest BCUT2D eigenvalue weighted by atomic mass is 10.2. The lowest BCUT2D eigenvalue weighted by molar-refractivity contribution is -0.118. The van der Waals surface area contributed by atoms with Gasteiger partial charge in [-0.25, -0.2) is 4.98 Å². The van der Waals surface area contributed by atoms with Crippen LogP contribution >= 0.6 is 11.6 Å². The van der Waals surface area contributed by atoms with Crippen LogP contribution in [-0.4, -0.2) is 72.8 Å². The first-order chi connectivity index (χ1) is 16.9. The van der Waals surface area contributed by atoms with E-state index in [1.165, 1.54) is 6.20 Å². The summed E-state index contributed by atoms with van der Waals surface area (Å²) in [6.45, 7) is 3.37. The summed E-state index contributed by atoms with van der Waals surface area (Å²) in [6, 6.07) is 12.6. The van der Waals surface area contributed by atoms with Crippen molar-refractivity contribution in [3.8, 4) is 17.4 Å². The van der Waals surface area contributed by atoms with Crippen LogP contribution in [0.15, 0.2) is 48.7 Å². The van der Waals surface area contributed by atoms with Gasteiger partial charge in [0.1, 0.15) is 23.1 Å². The molecule has 4 rings (SSSR count). The normalized spacial score (nSPS) is 13.9. The van der Waals surface area contributed by atoms with E-state index < -0.39 is 12.5 Å². The third-order valence-corrected chi connectivity index (χ3v) is 5.77. The van der Waals surface area contributed by atoms with Crippen molar-refractivity contribution in [2.24, 2.45) is 0 Å². The molecule has 1 saturated heterocycles. The zero-order chi connectivity index (χ0) is 24.8. The number of anilines is 4. The summed E-state index contributed by atoms with van der Waals surface area (Å²) in [7, 11) is 3.75. The Morgan fingerprint density at radius 3 is 2.57 bits per heavy atom. The molecule has 0 atom stereocenters. The molecule has 3 N–H and O–H groups in total.